The molecule has 4 N–H and O–H groups in total. The van der Waals surface area contributed by atoms with Crippen molar-refractivity contribution >= 4 is 33.0 Å². The average molecular weight is 423 g/mol. The quantitative estimate of drug-likeness (QED) is 0.692. The summed E-state index contributed by atoms with van der Waals surface area (Å²) >= 11 is 1.11. The molecule has 0 saturated carbocycles. The number of pyridine rings is 1. The molecule has 0 spiro atoms. The summed E-state index contributed by atoms with van der Waals surface area (Å²) in [7, 11) is -3.40. The highest BCUT2D eigenvalue weighted by Gasteiger charge is 2.23. The molecule has 152 valence electrons. The van der Waals surface area contributed by atoms with Gasteiger partial charge in [0.1, 0.15) is 4.21 Å². The molecule has 0 unspecified atom stereocenters. The van der Waals surface area contributed by atoms with E-state index in [0.29, 0.717) is 11.3 Å². The number of aliphatic hydroxyl groups is 1. The van der Waals surface area contributed by atoms with Crippen LogP contribution in [0.3, 0.4) is 0 Å². The number of hydrogen-bond acceptors (Lipinski definition) is 5. The molecule has 28 heavy (non-hydrogen) atoms. The maximum Gasteiger partial charge on any atom is 0.354 e. The first-order chi connectivity index (χ1) is 13.0. The summed E-state index contributed by atoms with van der Waals surface area (Å²) in [5.41, 5.74) is 3.07. The van der Waals surface area contributed by atoms with Gasteiger partial charge in [-0.2, -0.15) is 0 Å². The first-order valence-corrected chi connectivity index (χ1v) is 11.6. The third-order valence-corrected chi connectivity index (χ3v) is 7.55. The Balaban J connectivity index is 1.89. The van der Waals surface area contributed by atoms with E-state index in [1.807, 2.05) is 19.9 Å². The summed E-state index contributed by atoms with van der Waals surface area (Å²) in [5, 5.41) is 20.3. The van der Waals surface area contributed by atoms with Crippen LogP contribution in [-0.4, -0.2) is 20.3 Å². The van der Waals surface area contributed by atoms with Gasteiger partial charge in [-0.1, -0.05) is 13.8 Å². The van der Waals surface area contributed by atoms with Crippen molar-refractivity contribution in [2.75, 3.05) is 5.32 Å². The fraction of sp³-hybridized carbons (Fsp3) is 0.474. The Morgan fingerprint density at radius 2 is 2.11 bits per heavy atom. The van der Waals surface area contributed by atoms with Gasteiger partial charge in [0.2, 0.25) is 0 Å². The Morgan fingerprint density at radius 1 is 1.39 bits per heavy atom. The molecule has 1 aliphatic carbocycles. The standard InChI is InChI=1S/C19H26N4O3S2/c1-11(2)15-9-16(13-6-5-7-14(13)21-15)22-18(24)23-28(20,26)17-8-12(10-27-17)19(3,4)25/h8-11,25H,5-7H2,1-4H3,(H3,20,21,22,23,24,26)/t28-/m0/s1. The number of nitrogens with two attached hydrogens (primary N) is 1. The van der Waals surface area contributed by atoms with Crippen LogP contribution in [0.2, 0.25) is 0 Å². The number of thiophene rings is 1. The molecule has 9 heteroatoms. The number of carbonyl (C=O) groups excluding carboxylic acids is 1. The zero-order valence-corrected chi connectivity index (χ0v) is 18.1. The lowest BCUT2D eigenvalue weighted by atomic mass is 10.0. The van der Waals surface area contributed by atoms with E-state index in [0.717, 1.165) is 47.6 Å². The van der Waals surface area contributed by atoms with Crippen molar-refractivity contribution in [1.82, 2.24) is 4.98 Å². The van der Waals surface area contributed by atoms with Gasteiger partial charge in [0, 0.05) is 17.1 Å². The van der Waals surface area contributed by atoms with Crippen molar-refractivity contribution in [3.8, 4) is 0 Å². The van der Waals surface area contributed by atoms with Gasteiger partial charge in [-0.05, 0) is 67.7 Å². The van der Waals surface area contributed by atoms with E-state index in [4.69, 9.17) is 5.14 Å². The number of amides is 2. The summed E-state index contributed by atoms with van der Waals surface area (Å²) in [4.78, 5) is 17.2. The highest BCUT2D eigenvalue weighted by Crippen LogP contribution is 2.31. The van der Waals surface area contributed by atoms with Crippen molar-refractivity contribution in [2.45, 2.75) is 62.7 Å². The minimum absolute atomic E-state index is 0.226. The predicted octanol–water partition coefficient (Wildman–Crippen LogP) is 3.92. The molecule has 1 aliphatic rings. The number of rotatable bonds is 4. The van der Waals surface area contributed by atoms with Crippen molar-refractivity contribution in [2.24, 2.45) is 9.50 Å². The molecular formula is C19H26N4O3S2. The molecule has 0 bridgehead atoms. The van der Waals surface area contributed by atoms with Gasteiger partial charge in [-0.3, -0.25) is 4.98 Å². The van der Waals surface area contributed by atoms with E-state index in [9.17, 15) is 14.1 Å². The van der Waals surface area contributed by atoms with E-state index in [2.05, 4.69) is 14.7 Å². The summed E-state index contributed by atoms with van der Waals surface area (Å²) in [6, 6.07) is 2.64. The van der Waals surface area contributed by atoms with Crippen molar-refractivity contribution in [1.29, 1.82) is 0 Å². The number of aryl methyl sites for hydroxylation is 1. The molecule has 0 aliphatic heterocycles. The monoisotopic (exact) mass is 422 g/mol. The first kappa shape index (κ1) is 20.9. The average Bonchev–Trinajstić information content (AvgIpc) is 3.23. The smallest absolute Gasteiger partial charge is 0.354 e. The zero-order valence-electron chi connectivity index (χ0n) is 16.5. The van der Waals surface area contributed by atoms with Crippen molar-refractivity contribution < 1.29 is 14.1 Å². The van der Waals surface area contributed by atoms with Gasteiger partial charge in [0.15, 0.2) is 9.92 Å². The van der Waals surface area contributed by atoms with Crippen LogP contribution in [0.15, 0.2) is 26.1 Å². The molecule has 0 saturated heterocycles. The highest BCUT2D eigenvalue weighted by molar-refractivity contribution is 7.93. The lowest BCUT2D eigenvalue weighted by Crippen LogP contribution is -2.18. The van der Waals surface area contributed by atoms with Crippen LogP contribution in [0.25, 0.3) is 0 Å². The zero-order chi connectivity index (χ0) is 20.7. The molecule has 3 rings (SSSR count). The number of nitrogens with one attached hydrogen (secondary N) is 1. The van der Waals surface area contributed by atoms with Crippen LogP contribution in [0, 0.1) is 0 Å². The fourth-order valence-corrected chi connectivity index (χ4v) is 5.35. The fourth-order valence-electron chi connectivity index (χ4n) is 3.07. The summed E-state index contributed by atoms with van der Waals surface area (Å²) in [6.07, 6.45) is 2.72. The Morgan fingerprint density at radius 3 is 2.71 bits per heavy atom. The molecule has 2 heterocycles. The number of aromatic nitrogens is 1. The Kier molecular flexibility index (Phi) is 5.64. The third-order valence-electron chi connectivity index (χ3n) is 4.69. The van der Waals surface area contributed by atoms with Crippen LogP contribution in [0.5, 0.6) is 0 Å². The highest BCUT2D eigenvalue weighted by atomic mass is 32.2. The van der Waals surface area contributed by atoms with Crippen LogP contribution in [-0.2, 0) is 28.4 Å². The van der Waals surface area contributed by atoms with Crippen LogP contribution in [0.4, 0.5) is 10.5 Å². The number of nitrogens with zero attached hydrogens (tertiary/aromatic N) is 2. The maximum atomic E-state index is 12.8. The first-order valence-electron chi connectivity index (χ1n) is 9.17. The topological polar surface area (TPSA) is 118 Å². The van der Waals surface area contributed by atoms with Crippen LogP contribution in [0.1, 0.15) is 62.5 Å². The molecule has 0 radical (unpaired) electrons. The number of anilines is 1. The number of fused-ring (bicyclic) bond motifs is 1. The van der Waals surface area contributed by atoms with Crippen LogP contribution >= 0.6 is 11.3 Å². The molecule has 0 fully saturated rings. The molecule has 0 aromatic carbocycles. The molecular weight excluding hydrogens is 396 g/mol. The van der Waals surface area contributed by atoms with Gasteiger partial charge in [-0.15, -0.1) is 15.7 Å². The summed E-state index contributed by atoms with van der Waals surface area (Å²) in [6.45, 7) is 7.33. The molecule has 2 aromatic heterocycles. The van der Waals surface area contributed by atoms with Gasteiger partial charge in [0.05, 0.1) is 5.60 Å². The van der Waals surface area contributed by atoms with Crippen molar-refractivity contribution in [3.63, 3.8) is 0 Å². The maximum absolute atomic E-state index is 12.8. The summed E-state index contributed by atoms with van der Waals surface area (Å²) in [5.74, 6) is 0.226. The SMILES string of the molecule is CC(C)c1cc(NC(=O)N=[S@](N)(=O)c2cc(C(C)(C)O)cs2)c2c(n1)CCC2. The number of carbonyl (C=O) groups is 1. The minimum atomic E-state index is -3.40. The largest absolute Gasteiger partial charge is 0.386 e. The number of hydrogen-bond donors (Lipinski definition) is 3. The van der Waals surface area contributed by atoms with Gasteiger partial charge < -0.3 is 10.4 Å². The normalized spacial score (nSPS) is 16.0. The molecule has 1 atom stereocenters. The second-order valence-electron chi connectivity index (χ2n) is 7.83. The lowest BCUT2D eigenvalue weighted by molar-refractivity contribution is 0.0789. The number of urea groups is 1. The van der Waals surface area contributed by atoms with Crippen molar-refractivity contribution in [3.05, 3.63) is 40.0 Å². The minimum Gasteiger partial charge on any atom is -0.386 e. The molecule has 2 amide bonds. The Labute approximate surface area is 169 Å². The van der Waals surface area contributed by atoms with Gasteiger partial charge in [-0.25, -0.2) is 14.1 Å². The van der Waals surface area contributed by atoms with Gasteiger partial charge in [0.25, 0.3) is 0 Å². The molecule has 7 nitrogen and oxygen atoms in total. The summed E-state index contributed by atoms with van der Waals surface area (Å²) < 4.78 is 16.8. The lowest BCUT2D eigenvalue weighted by Gasteiger charge is -2.14. The van der Waals surface area contributed by atoms with E-state index < -0.39 is 21.5 Å². The van der Waals surface area contributed by atoms with Gasteiger partial charge >= 0.3 is 6.03 Å². The predicted molar refractivity (Wildman–Crippen MR) is 112 cm³/mol. The van der Waals surface area contributed by atoms with E-state index >= 15 is 0 Å². The van der Waals surface area contributed by atoms with E-state index in [1.165, 1.54) is 6.07 Å². The second kappa shape index (κ2) is 7.55. The van der Waals surface area contributed by atoms with E-state index in [-0.39, 0.29) is 10.1 Å². The second-order valence-corrected chi connectivity index (χ2v) is 10.8. The Hall–Kier alpha value is -1.81. The van der Waals surface area contributed by atoms with E-state index in [1.54, 1.807) is 19.2 Å². The Bertz CT molecular complexity index is 1030. The van der Waals surface area contributed by atoms with Crippen LogP contribution < -0.4 is 10.5 Å². The third kappa shape index (κ3) is 4.43. The molecule has 2 aromatic rings.